The third kappa shape index (κ3) is 3.78. The average molecular weight is 449 g/mol. The van der Waals surface area contributed by atoms with E-state index in [-0.39, 0.29) is 5.88 Å². The minimum absolute atomic E-state index is 0.0735. The Morgan fingerprint density at radius 1 is 0.903 bits per heavy atom. The minimum Gasteiger partial charge on any atom is -0.493 e. The molecule has 5 aromatic rings. The number of aromatic hydroxyl groups is 1. The molecular weight excluding hydrogens is 431 g/mol. The van der Waals surface area contributed by atoms with Crippen LogP contribution in [0, 0.1) is 6.92 Å². The summed E-state index contributed by atoms with van der Waals surface area (Å²) >= 11 is 12.0. The van der Waals surface area contributed by atoms with Crippen molar-refractivity contribution >= 4 is 34.2 Å². The number of aromatic nitrogens is 4. The van der Waals surface area contributed by atoms with Gasteiger partial charge in [0.05, 0.1) is 16.7 Å². The van der Waals surface area contributed by atoms with Gasteiger partial charge in [-0.15, -0.1) is 0 Å². The average Bonchev–Trinajstić information content (AvgIpc) is 3.31. The molecule has 0 radical (unpaired) electrons. The van der Waals surface area contributed by atoms with Crippen molar-refractivity contribution < 1.29 is 5.11 Å². The van der Waals surface area contributed by atoms with Gasteiger partial charge in [0.25, 0.3) is 0 Å². The Morgan fingerprint density at radius 2 is 1.55 bits per heavy atom. The Hall–Kier alpha value is -3.28. The van der Waals surface area contributed by atoms with Gasteiger partial charge in [-0.1, -0.05) is 53.5 Å². The van der Waals surface area contributed by atoms with Gasteiger partial charge in [-0.05, 0) is 60.0 Å². The molecule has 31 heavy (non-hydrogen) atoms. The molecule has 0 atom stereocenters. The Bertz CT molecular complexity index is 1390. The highest BCUT2D eigenvalue weighted by Crippen LogP contribution is 2.29. The first-order valence-electron chi connectivity index (χ1n) is 9.76. The Kier molecular flexibility index (Phi) is 4.93. The van der Waals surface area contributed by atoms with Crippen molar-refractivity contribution in [3.8, 4) is 23.0 Å². The number of fused-ring (bicyclic) bond motifs is 1. The summed E-state index contributed by atoms with van der Waals surface area (Å²) in [5.74, 6) is 0.538. The largest absolute Gasteiger partial charge is 0.493 e. The fourth-order valence-electron chi connectivity index (χ4n) is 3.62. The normalized spacial score (nSPS) is 11.3. The highest BCUT2D eigenvalue weighted by molar-refractivity contribution is 6.30. The van der Waals surface area contributed by atoms with E-state index >= 15 is 0 Å². The first kappa shape index (κ1) is 19.7. The van der Waals surface area contributed by atoms with Crippen LogP contribution in [-0.2, 0) is 6.42 Å². The number of hydrogen-bond donors (Lipinski definition) is 2. The molecule has 0 aliphatic carbocycles. The lowest BCUT2D eigenvalue weighted by Gasteiger charge is -2.02. The van der Waals surface area contributed by atoms with Gasteiger partial charge in [-0.2, -0.15) is 9.78 Å². The molecule has 0 aliphatic rings. The number of halogens is 2. The number of imidazole rings is 1. The zero-order valence-electron chi connectivity index (χ0n) is 16.6. The number of aromatic amines is 1. The van der Waals surface area contributed by atoms with E-state index in [1.165, 1.54) is 4.68 Å². The van der Waals surface area contributed by atoms with Crippen molar-refractivity contribution in [1.82, 2.24) is 19.7 Å². The number of rotatable bonds is 4. The number of nitrogens with one attached hydrogen (secondary N) is 1. The lowest BCUT2D eigenvalue weighted by molar-refractivity contribution is 0.426. The quantitative estimate of drug-likeness (QED) is 0.337. The maximum atomic E-state index is 10.9. The minimum atomic E-state index is 0.0735. The molecular formula is C24H18Cl2N4O. The van der Waals surface area contributed by atoms with Crippen LogP contribution in [0.2, 0.25) is 10.0 Å². The first-order chi connectivity index (χ1) is 15.0. The predicted molar refractivity (Wildman–Crippen MR) is 124 cm³/mol. The lowest BCUT2D eigenvalue weighted by Crippen LogP contribution is -1.98. The van der Waals surface area contributed by atoms with Crippen LogP contribution in [0.25, 0.3) is 28.1 Å². The molecule has 2 heterocycles. The van der Waals surface area contributed by atoms with Crippen LogP contribution in [0.15, 0.2) is 66.7 Å². The van der Waals surface area contributed by atoms with Crippen molar-refractivity contribution in [2.24, 2.45) is 0 Å². The van der Waals surface area contributed by atoms with E-state index in [2.05, 4.69) is 15.1 Å². The van der Waals surface area contributed by atoms with Crippen LogP contribution in [-0.4, -0.2) is 24.9 Å². The molecule has 5 nitrogen and oxygen atoms in total. The molecule has 0 saturated carbocycles. The van der Waals surface area contributed by atoms with Crippen LogP contribution in [0.5, 0.6) is 5.88 Å². The van der Waals surface area contributed by atoms with Gasteiger partial charge < -0.3 is 10.1 Å². The van der Waals surface area contributed by atoms with Crippen molar-refractivity contribution in [2.75, 3.05) is 0 Å². The third-order valence-corrected chi connectivity index (χ3v) is 5.80. The van der Waals surface area contributed by atoms with Gasteiger partial charge in [0.2, 0.25) is 11.8 Å². The van der Waals surface area contributed by atoms with Crippen LogP contribution < -0.4 is 0 Å². The summed E-state index contributed by atoms with van der Waals surface area (Å²) in [6, 6.07) is 21.2. The van der Waals surface area contributed by atoms with Crippen LogP contribution in [0.3, 0.4) is 0 Å². The fourth-order valence-corrected chi connectivity index (χ4v) is 3.87. The molecule has 0 aliphatic heterocycles. The van der Waals surface area contributed by atoms with Crippen molar-refractivity contribution in [3.05, 3.63) is 93.6 Å². The maximum Gasteiger partial charge on any atom is 0.232 e. The Morgan fingerprint density at radius 3 is 2.26 bits per heavy atom. The molecule has 7 heteroatoms. The first-order valence-corrected chi connectivity index (χ1v) is 10.5. The summed E-state index contributed by atoms with van der Waals surface area (Å²) < 4.78 is 1.45. The maximum absolute atomic E-state index is 10.9. The molecule has 0 saturated heterocycles. The Labute approximate surface area is 188 Å². The summed E-state index contributed by atoms with van der Waals surface area (Å²) in [6.07, 6.45) is 0.551. The molecule has 5 rings (SSSR count). The zero-order valence-corrected chi connectivity index (χ0v) is 18.1. The van der Waals surface area contributed by atoms with Crippen LogP contribution in [0.1, 0.15) is 16.8 Å². The smallest absolute Gasteiger partial charge is 0.232 e. The zero-order chi connectivity index (χ0) is 21.5. The highest BCUT2D eigenvalue weighted by Gasteiger charge is 2.18. The van der Waals surface area contributed by atoms with E-state index in [0.29, 0.717) is 22.4 Å². The van der Waals surface area contributed by atoms with Crippen molar-refractivity contribution in [1.29, 1.82) is 0 Å². The van der Waals surface area contributed by atoms with E-state index in [1.807, 2.05) is 73.7 Å². The summed E-state index contributed by atoms with van der Waals surface area (Å²) in [4.78, 5) is 7.91. The molecule has 0 amide bonds. The molecule has 0 fully saturated rings. The molecule has 154 valence electrons. The van der Waals surface area contributed by atoms with E-state index in [9.17, 15) is 5.11 Å². The molecule has 0 bridgehead atoms. The SMILES string of the molecule is Cc1nn(-c2nc3cc(-c4ccc(Cl)cc4)ccc3[nH]2)c(O)c1Cc1ccc(Cl)cc1. The predicted octanol–water partition coefficient (Wildman–Crippen LogP) is 6.33. The van der Waals surface area contributed by atoms with Crippen LogP contribution in [0.4, 0.5) is 0 Å². The van der Waals surface area contributed by atoms with Gasteiger partial charge in [-0.25, -0.2) is 4.98 Å². The van der Waals surface area contributed by atoms with E-state index in [1.54, 1.807) is 0 Å². The van der Waals surface area contributed by atoms with Gasteiger partial charge in [0, 0.05) is 22.0 Å². The monoisotopic (exact) mass is 448 g/mol. The second-order valence-corrected chi connectivity index (χ2v) is 8.27. The summed E-state index contributed by atoms with van der Waals surface area (Å²) in [5, 5.41) is 16.8. The van der Waals surface area contributed by atoms with Gasteiger partial charge in [0.1, 0.15) is 0 Å². The van der Waals surface area contributed by atoms with Crippen molar-refractivity contribution in [2.45, 2.75) is 13.3 Å². The number of aryl methyl sites for hydroxylation is 1. The molecule has 2 N–H and O–H groups in total. The number of nitrogens with zero attached hydrogens (tertiary/aromatic N) is 3. The molecule has 0 unspecified atom stereocenters. The fraction of sp³-hybridized carbons (Fsp3) is 0.0833. The topological polar surface area (TPSA) is 66.7 Å². The molecule has 2 aromatic heterocycles. The summed E-state index contributed by atoms with van der Waals surface area (Å²) in [7, 11) is 0. The van der Waals surface area contributed by atoms with E-state index in [0.717, 1.165) is 39.0 Å². The van der Waals surface area contributed by atoms with Gasteiger partial charge in [-0.3, -0.25) is 0 Å². The summed E-state index contributed by atoms with van der Waals surface area (Å²) in [5.41, 5.74) is 6.28. The number of H-pyrrole nitrogens is 1. The van der Waals surface area contributed by atoms with Crippen LogP contribution >= 0.6 is 23.2 Å². The third-order valence-electron chi connectivity index (χ3n) is 5.30. The number of benzene rings is 3. The summed E-state index contributed by atoms with van der Waals surface area (Å²) in [6.45, 7) is 1.88. The van der Waals surface area contributed by atoms with Gasteiger partial charge in [0.15, 0.2) is 0 Å². The van der Waals surface area contributed by atoms with E-state index < -0.39 is 0 Å². The lowest BCUT2D eigenvalue weighted by atomic mass is 10.1. The second-order valence-electron chi connectivity index (χ2n) is 7.40. The standard InChI is InChI=1S/C24H18Cl2N4O/c1-14-20(12-15-2-7-18(25)8-3-15)23(31)30(29-14)24-27-21-11-6-17(13-22(21)28-24)16-4-9-19(26)10-5-16/h2-11,13,31H,12H2,1H3,(H,27,28). The Balaban J connectivity index is 1.50. The molecule has 3 aromatic carbocycles. The second kappa shape index (κ2) is 7.76. The highest BCUT2D eigenvalue weighted by atomic mass is 35.5. The van der Waals surface area contributed by atoms with Gasteiger partial charge >= 0.3 is 0 Å². The van der Waals surface area contributed by atoms with Crippen molar-refractivity contribution in [3.63, 3.8) is 0 Å². The molecule has 0 spiro atoms. The number of hydrogen-bond acceptors (Lipinski definition) is 3. The van der Waals surface area contributed by atoms with E-state index in [4.69, 9.17) is 23.2 Å².